The number of esters is 2. The van der Waals surface area contributed by atoms with E-state index >= 15 is 0 Å². The summed E-state index contributed by atoms with van der Waals surface area (Å²) in [7, 11) is 0. The van der Waals surface area contributed by atoms with Crippen LogP contribution in [0.3, 0.4) is 0 Å². The molecule has 26 heavy (non-hydrogen) atoms. The molecular weight excluding hydrogens is 332 g/mol. The predicted molar refractivity (Wildman–Crippen MR) is 98.6 cm³/mol. The molecule has 0 atom stereocenters. The summed E-state index contributed by atoms with van der Waals surface area (Å²) >= 11 is 0. The molecule has 0 amide bonds. The van der Waals surface area contributed by atoms with Crippen LogP contribution in [-0.2, 0) is 14.4 Å². The van der Waals surface area contributed by atoms with Gasteiger partial charge >= 0.3 is 11.9 Å². The average molecular weight is 350 g/mol. The maximum atomic E-state index is 12.0. The van der Waals surface area contributed by atoms with Gasteiger partial charge in [-0.3, -0.25) is 14.4 Å². The van der Waals surface area contributed by atoms with Crippen LogP contribution < -0.4 is 9.47 Å². The second kappa shape index (κ2) is 9.13. The third-order valence-electron chi connectivity index (χ3n) is 3.12. The highest BCUT2D eigenvalue weighted by atomic mass is 16.5. The van der Waals surface area contributed by atoms with Crippen molar-refractivity contribution in [2.45, 2.75) is 13.8 Å². The lowest BCUT2D eigenvalue weighted by atomic mass is 10.1. The van der Waals surface area contributed by atoms with Gasteiger partial charge in [-0.2, -0.15) is 0 Å². The van der Waals surface area contributed by atoms with Crippen LogP contribution in [0.2, 0.25) is 0 Å². The minimum absolute atomic E-state index is 0.208. The average Bonchev–Trinajstić information content (AvgIpc) is 2.58. The standard InChI is InChI=1S/C21H18O5/c1-15(22)25-20-7-3-5-17(13-20)9-11-19(24)12-10-18-6-4-8-21(14-18)26-16(2)23/h3-14H,1-2H3/b11-9-,12-10+. The normalized spacial score (nSPS) is 10.8. The van der Waals surface area contributed by atoms with Crippen molar-refractivity contribution in [1.29, 1.82) is 0 Å². The smallest absolute Gasteiger partial charge is 0.308 e. The van der Waals surface area contributed by atoms with Crippen LogP contribution in [0.5, 0.6) is 11.5 Å². The highest BCUT2D eigenvalue weighted by Crippen LogP contribution is 2.16. The molecule has 0 unspecified atom stereocenters. The summed E-state index contributed by atoms with van der Waals surface area (Å²) in [6, 6.07) is 13.7. The first kappa shape index (κ1) is 18.9. The van der Waals surface area contributed by atoms with Gasteiger partial charge in [0, 0.05) is 13.8 Å². The molecule has 2 aromatic rings. The maximum absolute atomic E-state index is 12.0. The van der Waals surface area contributed by atoms with Crippen LogP contribution in [-0.4, -0.2) is 17.7 Å². The van der Waals surface area contributed by atoms with Crippen LogP contribution in [0, 0.1) is 0 Å². The van der Waals surface area contributed by atoms with Crippen molar-refractivity contribution < 1.29 is 23.9 Å². The summed E-state index contributed by atoms with van der Waals surface area (Å²) in [5.41, 5.74) is 1.48. The molecule has 0 saturated carbocycles. The molecule has 0 spiro atoms. The summed E-state index contributed by atoms with van der Waals surface area (Å²) in [6.07, 6.45) is 6.10. The summed E-state index contributed by atoms with van der Waals surface area (Å²) in [6.45, 7) is 2.65. The molecule has 0 aromatic heterocycles. The molecule has 0 aliphatic rings. The second-order valence-electron chi connectivity index (χ2n) is 5.40. The Hall–Kier alpha value is -3.47. The molecule has 2 rings (SSSR count). The summed E-state index contributed by atoms with van der Waals surface area (Å²) in [5, 5.41) is 0. The zero-order valence-electron chi connectivity index (χ0n) is 14.5. The molecule has 0 radical (unpaired) electrons. The molecule has 5 heteroatoms. The molecule has 0 bridgehead atoms. The van der Waals surface area contributed by atoms with Gasteiger partial charge in [0.15, 0.2) is 5.78 Å². The van der Waals surface area contributed by atoms with E-state index in [9.17, 15) is 14.4 Å². The molecule has 2 aromatic carbocycles. The lowest BCUT2D eigenvalue weighted by Crippen LogP contribution is -2.01. The Morgan fingerprint density at radius 2 is 1.15 bits per heavy atom. The number of allylic oxidation sites excluding steroid dienone is 2. The van der Waals surface area contributed by atoms with Crippen LogP contribution in [0.15, 0.2) is 60.7 Å². The molecule has 0 N–H and O–H groups in total. The van der Waals surface area contributed by atoms with Gasteiger partial charge in [-0.05, 0) is 47.5 Å². The van der Waals surface area contributed by atoms with Crippen molar-refractivity contribution in [2.75, 3.05) is 0 Å². The van der Waals surface area contributed by atoms with Crippen LogP contribution in [0.25, 0.3) is 12.2 Å². The van der Waals surface area contributed by atoms with E-state index in [0.29, 0.717) is 11.5 Å². The SMILES string of the molecule is CC(=O)Oc1cccc(/C=C\C(=O)/C=C/c2cccc(OC(C)=O)c2)c1. The highest BCUT2D eigenvalue weighted by Gasteiger charge is 2.00. The van der Waals surface area contributed by atoms with Crippen molar-refractivity contribution in [2.24, 2.45) is 0 Å². The minimum atomic E-state index is -0.402. The summed E-state index contributed by atoms with van der Waals surface area (Å²) in [4.78, 5) is 33.9. The lowest BCUT2D eigenvalue weighted by molar-refractivity contribution is -0.132. The van der Waals surface area contributed by atoms with E-state index in [-0.39, 0.29) is 5.78 Å². The third kappa shape index (κ3) is 6.57. The Labute approximate surface area is 151 Å². The first-order valence-corrected chi connectivity index (χ1v) is 7.89. The zero-order chi connectivity index (χ0) is 18.9. The number of hydrogen-bond donors (Lipinski definition) is 0. The number of benzene rings is 2. The number of carbonyl (C=O) groups excluding carboxylic acids is 3. The topological polar surface area (TPSA) is 69.7 Å². The van der Waals surface area contributed by atoms with Gasteiger partial charge in [0.1, 0.15) is 11.5 Å². The fraction of sp³-hybridized carbons (Fsp3) is 0.0952. The number of carbonyl (C=O) groups is 3. The van der Waals surface area contributed by atoms with Crippen LogP contribution in [0.4, 0.5) is 0 Å². The van der Waals surface area contributed by atoms with E-state index in [1.807, 2.05) is 0 Å². The summed E-state index contributed by atoms with van der Waals surface area (Å²) in [5.74, 6) is -0.169. The van der Waals surface area contributed by atoms with Gasteiger partial charge in [0.2, 0.25) is 0 Å². The van der Waals surface area contributed by atoms with Crippen LogP contribution >= 0.6 is 0 Å². The Balaban J connectivity index is 2.02. The first-order chi connectivity index (χ1) is 12.4. The first-order valence-electron chi connectivity index (χ1n) is 7.89. The summed E-state index contributed by atoms with van der Waals surface area (Å²) < 4.78 is 10.00. The van der Waals surface area contributed by atoms with Crippen LogP contribution in [0.1, 0.15) is 25.0 Å². The molecule has 132 valence electrons. The van der Waals surface area contributed by atoms with E-state index in [1.54, 1.807) is 60.7 Å². The minimum Gasteiger partial charge on any atom is -0.427 e. The van der Waals surface area contributed by atoms with E-state index in [0.717, 1.165) is 11.1 Å². The molecular formula is C21H18O5. The number of ether oxygens (including phenoxy) is 2. The van der Waals surface area contributed by atoms with E-state index < -0.39 is 11.9 Å². The largest absolute Gasteiger partial charge is 0.427 e. The number of rotatable bonds is 6. The second-order valence-corrected chi connectivity index (χ2v) is 5.40. The Morgan fingerprint density at radius 1 is 0.731 bits per heavy atom. The molecule has 0 aliphatic carbocycles. The number of ketones is 1. The van der Waals surface area contributed by atoms with E-state index in [4.69, 9.17) is 9.47 Å². The van der Waals surface area contributed by atoms with Gasteiger partial charge < -0.3 is 9.47 Å². The fourth-order valence-electron chi connectivity index (χ4n) is 2.11. The Bertz CT molecular complexity index is 806. The van der Waals surface area contributed by atoms with Gasteiger partial charge in [0.25, 0.3) is 0 Å². The Morgan fingerprint density at radius 3 is 1.54 bits per heavy atom. The molecule has 0 heterocycles. The molecule has 0 saturated heterocycles. The predicted octanol–water partition coefficient (Wildman–Crippen LogP) is 3.83. The molecule has 5 nitrogen and oxygen atoms in total. The van der Waals surface area contributed by atoms with E-state index in [2.05, 4.69) is 0 Å². The Kier molecular flexibility index (Phi) is 6.62. The highest BCUT2D eigenvalue weighted by molar-refractivity contribution is 6.04. The monoisotopic (exact) mass is 350 g/mol. The maximum Gasteiger partial charge on any atom is 0.308 e. The molecule has 0 fully saturated rings. The fourth-order valence-corrected chi connectivity index (χ4v) is 2.11. The molecule has 0 aliphatic heterocycles. The number of hydrogen-bond acceptors (Lipinski definition) is 5. The van der Waals surface area contributed by atoms with Gasteiger partial charge in [-0.15, -0.1) is 0 Å². The van der Waals surface area contributed by atoms with Gasteiger partial charge in [-0.1, -0.05) is 36.4 Å². The van der Waals surface area contributed by atoms with Crippen molar-refractivity contribution >= 4 is 29.9 Å². The lowest BCUT2D eigenvalue weighted by Gasteiger charge is -2.01. The van der Waals surface area contributed by atoms with Crippen molar-refractivity contribution in [3.8, 4) is 11.5 Å². The zero-order valence-corrected chi connectivity index (χ0v) is 14.5. The quantitative estimate of drug-likeness (QED) is 0.450. The van der Waals surface area contributed by atoms with E-state index in [1.165, 1.54) is 26.0 Å². The van der Waals surface area contributed by atoms with Crippen molar-refractivity contribution in [3.05, 3.63) is 71.8 Å². The van der Waals surface area contributed by atoms with Crippen molar-refractivity contribution in [1.82, 2.24) is 0 Å². The van der Waals surface area contributed by atoms with Gasteiger partial charge in [-0.25, -0.2) is 0 Å². The third-order valence-corrected chi connectivity index (χ3v) is 3.12. The van der Waals surface area contributed by atoms with Gasteiger partial charge in [0.05, 0.1) is 0 Å². The van der Waals surface area contributed by atoms with Crippen molar-refractivity contribution in [3.63, 3.8) is 0 Å².